The first kappa shape index (κ1) is 28.7. The highest BCUT2D eigenvalue weighted by atomic mass is 16.5. The number of hydrogen-bond donors (Lipinski definition) is 2. The molecule has 1 atom stereocenters. The van der Waals surface area contributed by atoms with E-state index in [0.29, 0.717) is 25.0 Å². The van der Waals surface area contributed by atoms with Crippen LogP contribution in [-0.2, 0) is 17.6 Å². The van der Waals surface area contributed by atoms with Gasteiger partial charge in [-0.2, -0.15) is 0 Å². The fourth-order valence-corrected chi connectivity index (χ4v) is 4.56. The Labute approximate surface area is 225 Å². The molecule has 1 unspecified atom stereocenters. The molecule has 3 aromatic rings. The maximum atomic E-state index is 11.7. The van der Waals surface area contributed by atoms with Crippen LogP contribution in [0.2, 0.25) is 0 Å². The van der Waals surface area contributed by atoms with Crippen LogP contribution < -0.4 is 4.74 Å². The molecular weight excluding hydrogens is 476 g/mol. The Bertz CT molecular complexity index is 1170. The first-order valence-corrected chi connectivity index (χ1v) is 13.5. The largest absolute Gasteiger partial charge is 0.493 e. The smallest absolute Gasteiger partial charge is 0.335 e. The third kappa shape index (κ3) is 10.3. The minimum atomic E-state index is -0.934. The van der Waals surface area contributed by atoms with Gasteiger partial charge in [0.05, 0.1) is 12.2 Å². The normalized spacial score (nSPS) is 11.9. The Balaban J connectivity index is 1.59. The molecule has 0 saturated heterocycles. The van der Waals surface area contributed by atoms with Gasteiger partial charge in [0.25, 0.3) is 0 Å². The summed E-state index contributed by atoms with van der Waals surface area (Å²) in [5, 5.41) is 18.6. The van der Waals surface area contributed by atoms with Crippen LogP contribution in [0.25, 0.3) is 6.08 Å². The summed E-state index contributed by atoms with van der Waals surface area (Å²) >= 11 is 0. The minimum Gasteiger partial charge on any atom is -0.493 e. The fourth-order valence-electron chi connectivity index (χ4n) is 4.56. The Morgan fingerprint density at radius 3 is 2.32 bits per heavy atom. The molecule has 0 aliphatic rings. The standard InChI is InChI=1S/C33H38O5/c34-32(35)21-11-6-16-27(25-29-18-7-9-19-30(29)33(36)37)22-23-28-17-8-10-20-31(28)38-24-12-2-5-15-26-13-3-1-4-14-26/h1,3-4,7-10,13-14,17-20,22-23,27H,2,5-6,11-12,15-16,21,24-25H2,(H,34,35)(H,36,37). The molecule has 5 heteroatoms. The maximum absolute atomic E-state index is 11.7. The average molecular weight is 515 g/mol. The van der Waals surface area contributed by atoms with Crippen molar-refractivity contribution in [3.05, 3.63) is 107 Å². The molecule has 0 aromatic heterocycles. The van der Waals surface area contributed by atoms with Gasteiger partial charge in [0.1, 0.15) is 5.75 Å². The van der Waals surface area contributed by atoms with E-state index in [1.54, 1.807) is 12.1 Å². The highest BCUT2D eigenvalue weighted by Crippen LogP contribution is 2.25. The number of aliphatic carboxylic acids is 1. The molecule has 0 heterocycles. The molecule has 0 amide bonds. The third-order valence-electron chi connectivity index (χ3n) is 6.62. The van der Waals surface area contributed by atoms with E-state index in [-0.39, 0.29) is 12.3 Å². The lowest BCUT2D eigenvalue weighted by Crippen LogP contribution is -2.08. The van der Waals surface area contributed by atoms with Gasteiger partial charge in [-0.15, -0.1) is 0 Å². The van der Waals surface area contributed by atoms with Crippen LogP contribution in [0.15, 0.2) is 84.9 Å². The molecule has 0 fully saturated rings. The zero-order valence-electron chi connectivity index (χ0n) is 21.9. The molecule has 2 N–H and O–H groups in total. The van der Waals surface area contributed by atoms with E-state index in [4.69, 9.17) is 9.84 Å². The van der Waals surface area contributed by atoms with E-state index >= 15 is 0 Å². The van der Waals surface area contributed by atoms with E-state index in [1.807, 2.05) is 42.5 Å². The number of ether oxygens (including phenoxy) is 1. The van der Waals surface area contributed by atoms with Crippen molar-refractivity contribution in [1.82, 2.24) is 0 Å². The average Bonchev–Trinajstić information content (AvgIpc) is 2.92. The lowest BCUT2D eigenvalue weighted by Gasteiger charge is -2.15. The molecule has 5 nitrogen and oxygen atoms in total. The lowest BCUT2D eigenvalue weighted by atomic mass is 9.90. The molecule has 0 aliphatic carbocycles. The van der Waals surface area contributed by atoms with E-state index in [0.717, 1.165) is 55.4 Å². The van der Waals surface area contributed by atoms with Crippen molar-refractivity contribution >= 4 is 18.0 Å². The van der Waals surface area contributed by atoms with Gasteiger partial charge in [-0.1, -0.05) is 85.3 Å². The summed E-state index contributed by atoms with van der Waals surface area (Å²) < 4.78 is 6.12. The number of benzene rings is 3. The van der Waals surface area contributed by atoms with Crippen LogP contribution in [-0.4, -0.2) is 28.8 Å². The van der Waals surface area contributed by atoms with Gasteiger partial charge < -0.3 is 14.9 Å². The second-order valence-corrected chi connectivity index (χ2v) is 9.61. The Morgan fingerprint density at radius 1 is 0.789 bits per heavy atom. The Hall–Kier alpha value is -3.86. The van der Waals surface area contributed by atoms with Gasteiger partial charge in [-0.05, 0) is 74.1 Å². The number of aryl methyl sites for hydroxylation is 1. The molecule has 200 valence electrons. The van der Waals surface area contributed by atoms with Crippen LogP contribution >= 0.6 is 0 Å². The molecule has 38 heavy (non-hydrogen) atoms. The van der Waals surface area contributed by atoms with Gasteiger partial charge in [-0.3, -0.25) is 4.79 Å². The number of rotatable bonds is 17. The summed E-state index contributed by atoms with van der Waals surface area (Å²) in [6, 6.07) is 25.6. The molecule has 3 rings (SSSR count). The molecule has 0 spiro atoms. The highest BCUT2D eigenvalue weighted by Gasteiger charge is 2.14. The van der Waals surface area contributed by atoms with Crippen LogP contribution in [0.4, 0.5) is 0 Å². The molecule has 0 aliphatic heterocycles. The molecule has 0 radical (unpaired) electrons. The number of unbranched alkanes of at least 4 members (excludes halogenated alkanes) is 3. The van der Waals surface area contributed by atoms with E-state index < -0.39 is 11.9 Å². The number of aromatic carboxylic acids is 1. The summed E-state index contributed by atoms with van der Waals surface area (Å²) in [7, 11) is 0. The number of hydrogen-bond acceptors (Lipinski definition) is 3. The van der Waals surface area contributed by atoms with Crippen LogP contribution in [0.5, 0.6) is 5.75 Å². The predicted octanol–water partition coefficient (Wildman–Crippen LogP) is 7.69. The van der Waals surface area contributed by atoms with Gasteiger partial charge in [0.15, 0.2) is 0 Å². The first-order chi connectivity index (χ1) is 18.5. The summed E-state index contributed by atoms with van der Waals surface area (Å²) in [5.74, 6) is -0.811. The monoisotopic (exact) mass is 514 g/mol. The predicted molar refractivity (Wildman–Crippen MR) is 152 cm³/mol. The van der Waals surface area contributed by atoms with E-state index in [9.17, 15) is 14.7 Å². The van der Waals surface area contributed by atoms with Crippen molar-refractivity contribution in [2.24, 2.45) is 5.92 Å². The van der Waals surface area contributed by atoms with Crippen molar-refractivity contribution in [2.75, 3.05) is 6.61 Å². The molecule has 3 aromatic carbocycles. The zero-order chi connectivity index (χ0) is 27.0. The quantitative estimate of drug-likeness (QED) is 0.180. The maximum Gasteiger partial charge on any atom is 0.335 e. The van der Waals surface area contributed by atoms with Crippen molar-refractivity contribution in [1.29, 1.82) is 0 Å². The third-order valence-corrected chi connectivity index (χ3v) is 6.62. The van der Waals surface area contributed by atoms with Crippen LogP contribution in [0.1, 0.15) is 72.0 Å². The first-order valence-electron chi connectivity index (χ1n) is 13.5. The second kappa shape index (κ2) is 16.1. The second-order valence-electron chi connectivity index (χ2n) is 9.61. The Morgan fingerprint density at radius 2 is 1.53 bits per heavy atom. The zero-order valence-corrected chi connectivity index (χ0v) is 21.9. The van der Waals surface area contributed by atoms with Crippen LogP contribution in [0.3, 0.4) is 0 Å². The lowest BCUT2D eigenvalue weighted by molar-refractivity contribution is -0.137. The van der Waals surface area contributed by atoms with Gasteiger partial charge in [0, 0.05) is 12.0 Å². The van der Waals surface area contributed by atoms with Gasteiger partial charge in [0.2, 0.25) is 0 Å². The molecule has 0 bridgehead atoms. The van der Waals surface area contributed by atoms with Gasteiger partial charge >= 0.3 is 11.9 Å². The SMILES string of the molecule is O=C(O)CCCCC(C=Cc1ccccc1OCCCCCc1ccccc1)Cc1ccccc1C(=O)O. The summed E-state index contributed by atoms with van der Waals surface area (Å²) in [5.41, 5.74) is 3.45. The number of carbonyl (C=O) groups is 2. The fraction of sp³-hybridized carbons (Fsp3) is 0.333. The molecule has 0 saturated carbocycles. The summed E-state index contributed by atoms with van der Waals surface area (Å²) in [6.45, 7) is 0.657. The minimum absolute atomic E-state index is 0.0790. The number of carboxylic acid groups (broad SMARTS) is 2. The summed E-state index contributed by atoms with van der Waals surface area (Å²) in [6.07, 6.45) is 11.3. The number of allylic oxidation sites excluding steroid dienone is 1. The Kier molecular flexibility index (Phi) is 12.1. The van der Waals surface area contributed by atoms with E-state index in [2.05, 4.69) is 36.4 Å². The van der Waals surface area contributed by atoms with Crippen molar-refractivity contribution in [3.8, 4) is 5.75 Å². The van der Waals surface area contributed by atoms with Gasteiger partial charge in [-0.25, -0.2) is 4.79 Å². The topological polar surface area (TPSA) is 83.8 Å². The summed E-state index contributed by atoms with van der Waals surface area (Å²) in [4.78, 5) is 22.6. The van der Waals surface area contributed by atoms with Crippen LogP contribution in [0, 0.1) is 5.92 Å². The van der Waals surface area contributed by atoms with Crippen molar-refractivity contribution in [2.45, 2.75) is 57.8 Å². The highest BCUT2D eigenvalue weighted by molar-refractivity contribution is 5.89. The van der Waals surface area contributed by atoms with Crippen molar-refractivity contribution in [3.63, 3.8) is 0 Å². The molecular formula is C33H38O5. The van der Waals surface area contributed by atoms with Crippen molar-refractivity contribution < 1.29 is 24.5 Å². The number of carboxylic acids is 2. The number of para-hydroxylation sites is 1. The van der Waals surface area contributed by atoms with E-state index in [1.165, 1.54) is 5.56 Å².